The smallest absolute Gasteiger partial charge is 0.307 e. The van der Waals surface area contributed by atoms with Crippen LogP contribution in [-0.4, -0.2) is 19.1 Å². The molecule has 0 bridgehead atoms. The Balaban J connectivity index is 2.69. The van der Waals surface area contributed by atoms with Crippen LogP contribution in [0.1, 0.15) is 12.0 Å². The molecule has 0 aliphatic rings. The number of halogens is 2. The highest BCUT2D eigenvalue weighted by Gasteiger charge is 2.15. The molecule has 1 atom stereocenters. The largest absolute Gasteiger partial charge is 0.469 e. The van der Waals surface area contributed by atoms with Crippen molar-refractivity contribution in [3.05, 3.63) is 35.4 Å². The Morgan fingerprint density at radius 1 is 1.44 bits per heavy atom. The van der Waals surface area contributed by atoms with Crippen molar-refractivity contribution in [3.8, 4) is 0 Å². The molecule has 0 aromatic heterocycles. The first kappa shape index (κ1) is 12.6. The lowest BCUT2D eigenvalue weighted by atomic mass is 10.0. The quantitative estimate of drug-likeness (QED) is 0.794. The highest BCUT2D eigenvalue weighted by Crippen LogP contribution is 2.14. The van der Waals surface area contributed by atoms with Gasteiger partial charge in [0, 0.05) is 11.6 Å². The Hall–Kier alpha value is -1.49. The van der Waals surface area contributed by atoms with Crippen molar-refractivity contribution in [1.29, 1.82) is 0 Å². The number of carbonyl (C=O) groups excluding carboxylic acids is 1. The summed E-state index contributed by atoms with van der Waals surface area (Å²) >= 11 is 0. The maximum atomic E-state index is 13.2. The van der Waals surface area contributed by atoms with Crippen molar-refractivity contribution in [3.63, 3.8) is 0 Å². The molecule has 88 valence electrons. The Labute approximate surface area is 92.2 Å². The minimum Gasteiger partial charge on any atom is -0.469 e. The van der Waals surface area contributed by atoms with E-state index in [1.165, 1.54) is 13.2 Å². The van der Waals surface area contributed by atoms with Crippen LogP contribution in [0.4, 0.5) is 8.78 Å². The Morgan fingerprint density at radius 3 is 2.50 bits per heavy atom. The highest BCUT2D eigenvalue weighted by atomic mass is 19.1. The van der Waals surface area contributed by atoms with Crippen LogP contribution in [0.25, 0.3) is 0 Å². The molecule has 0 aliphatic heterocycles. The number of hydrogen-bond acceptors (Lipinski definition) is 3. The van der Waals surface area contributed by atoms with Crippen molar-refractivity contribution in [2.75, 3.05) is 7.11 Å². The van der Waals surface area contributed by atoms with E-state index in [2.05, 4.69) is 4.74 Å². The van der Waals surface area contributed by atoms with Crippen LogP contribution >= 0.6 is 0 Å². The van der Waals surface area contributed by atoms with Crippen LogP contribution in [-0.2, 0) is 16.0 Å². The first-order valence-electron chi connectivity index (χ1n) is 4.80. The van der Waals surface area contributed by atoms with Crippen molar-refractivity contribution in [2.24, 2.45) is 5.73 Å². The summed E-state index contributed by atoms with van der Waals surface area (Å²) in [6.07, 6.45) is -0.0993. The second-order valence-electron chi connectivity index (χ2n) is 3.44. The van der Waals surface area contributed by atoms with E-state index in [4.69, 9.17) is 5.73 Å². The van der Waals surface area contributed by atoms with Crippen molar-refractivity contribution in [1.82, 2.24) is 0 Å². The van der Waals surface area contributed by atoms with Gasteiger partial charge in [-0.2, -0.15) is 0 Å². The van der Waals surface area contributed by atoms with Gasteiger partial charge in [-0.25, -0.2) is 8.78 Å². The molecule has 3 nitrogen and oxygen atoms in total. The topological polar surface area (TPSA) is 52.3 Å². The van der Waals surface area contributed by atoms with Gasteiger partial charge in [-0.3, -0.25) is 4.79 Å². The normalized spacial score (nSPS) is 12.2. The van der Waals surface area contributed by atoms with Gasteiger partial charge in [-0.1, -0.05) is 6.07 Å². The summed E-state index contributed by atoms with van der Waals surface area (Å²) in [5, 5.41) is 0. The van der Waals surface area contributed by atoms with Crippen LogP contribution in [0.15, 0.2) is 18.2 Å². The summed E-state index contributed by atoms with van der Waals surface area (Å²) < 4.78 is 30.8. The fourth-order valence-corrected chi connectivity index (χ4v) is 1.36. The van der Waals surface area contributed by atoms with Crippen LogP contribution in [0.2, 0.25) is 0 Å². The zero-order valence-corrected chi connectivity index (χ0v) is 8.87. The number of carbonyl (C=O) groups is 1. The van der Waals surface area contributed by atoms with E-state index in [-0.39, 0.29) is 18.4 Å². The summed E-state index contributed by atoms with van der Waals surface area (Å²) in [4.78, 5) is 10.9. The maximum Gasteiger partial charge on any atom is 0.307 e. The number of esters is 1. The van der Waals surface area contributed by atoms with E-state index < -0.39 is 23.6 Å². The second-order valence-corrected chi connectivity index (χ2v) is 3.44. The van der Waals surface area contributed by atoms with Gasteiger partial charge in [0.1, 0.15) is 11.6 Å². The molecule has 0 saturated heterocycles. The molecule has 0 aliphatic carbocycles. The summed E-state index contributed by atoms with van der Waals surface area (Å²) in [5.74, 6) is -1.80. The van der Waals surface area contributed by atoms with Crippen LogP contribution in [0.3, 0.4) is 0 Å². The van der Waals surface area contributed by atoms with Gasteiger partial charge in [-0.05, 0) is 18.6 Å². The van der Waals surface area contributed by atoms with Gasteiger partial charge in [0.15, 0.2) is 0 Å². The molecule has 1 aromatic rings. The molecule has 0 saturated carbocycles. The average Bonchev–Trinajstić information content (AvgIpc) is 2.23. The van der Waals surface area contributed by atoms with E-state index in [9.17, 15) is 13.6 Å². The Kier molecular flexibility index (Phi) is 4.37. The first-order chi connectivity index (χ1) is 7.54. The Morgan fingerprint density at radius 2 is 2.00 bits per heavy atom. The molecule has 0 amide bonds. The Bertz CT molecular complexity index is 362. The number of methoxy groups -OCH3 is 1. The number of hydrogen-bond donors (Lipinski definition) is 1. The second kappa shape index (κ2) is 5.55. The monoisotopic (exact) mass is 229 g/mol. The number of benzene rings is 1. The lowest BCUT2D eigenvalue weighted by molar-refractivity contribution is -0.141. The van der Waals surface area contributed by atoms with Gasteiger partial charge in [-0.15, -0.1) is 0 Å². The summed E-state index contributed by atoms with van der Waals surface area (Å²) in [7, 11) is 1.23. The third-order valence-corrected chi connectivity index (χ3v) is 2.18. The SMILES string of the molecule is COC(=O)CC(N)Cc1c(F)cccc1F. The minimum absolute atomic E-state index is 0.0341. The number of nitrogens with two attached hydrogens (primary N) is 1. The summed E-state index contributed by atoms with van der Waals surface area (Å²) in [6.45, 7) is 0. The maximum absolute atomic E-state index is 13.2. The van der Waals surface area contributed by atoms with Gasteiger partial charge < -0.3 is 10.5 Å². The van der Waals surface area contributed by atoms with E-state index >= 15 is 0 Å². The van der Waals surface area contributed by atoms with E-state index in [0.717, 1.165) is 12.1 Å². The number of rotatable bonds is 4. The van der Waals surface area contributed by atoms with E-state index in [0.29, 0.717) is 0 Å². The fraction of sp³-hybridized carbons (Fsp3) is 0.364. The van der Waals surface area contributed by atoms with Gasteiger partial charge in [0.25, 0.3) is 0 Å². The lowest BCUT2D eigenvalue weighted by Gasteiger charge is -2.11. The predicted molar refractivity (Wildman–Crippen MR) is 54.7 cm³/mol. The van der Waals surface area contributed by atoms with E-state index in [1.54, 1.807) is 0 Å². The van der Waals surface area contributed by atoms with Crippen LogP contribution in [0, 0.1) is 11.6 Å². The molecule has 0 fully saturated rings. The lowest BCUT2D eigenvalue weighted by Crippen LogP contribution is -2.27. The summed E-state index contributed by atoms with van der Waals surface area (Å²) in [6, 6.07) is 2.94. The summed E-state index contributed by atoms with van der Waals surface area (Å²) in [5.41, 5.74) is 5.49. The molecular formula is C11H13F2NO2. The van der Waals surface area contributed by atoms with Crippen molar-refractivity contribution >= 4 is 5.97 Å². The minimum atomic E-state index is -0.654. The third-order valence-electron chi connectivity index (χ3n) is 2.18. The third kappa shape index (κ3) is 3.27. The van der Waals surface area contributed by atoms with Crippen LogP contribution in [0.5, 0.6) is 0 Å². The molecular weight excluding hydrogens is 216 g/mol. The standard InChI is InChI=1S/C11H13F2NO2/c1-16-11(15)6-7(14)5-8-9(12)3-2-4-10(8)13/h2-4,7H,5-6,14H2,1H3. The zero-order valence-electron chi connectivity index (χ0n) is 8.87. The molecule has 5 heteroatoms. The number of ether oxygens (including phenoxy) is 1. The molecule has 1 rings (SSSR count). The molecule has 0 heterocycles. The average molecular weight is 229 g/mol. The van der Waals surface area contributed by atoms with Crippen LogP contribution < -0.4 is 5.73 Å². The molecule has 0 radical (unpaired) electrons. The van der Waals surface area contributed by atoms with E-state index in [1.807, 2.05) is 0 Å². The molecule has 2 N–H and O–H groups in total. The molecule has 0 spiro atoms. The van der Waals surface area contributed by atoms with Gasteiger partial charge in [0.2, 0.25) is 0 Å². The molecule has 16 heavy (non-hydrogen) atoms. The molecule has 1 unspecified atom stereocenters. The van der Waals surface area contributed by atoms with Gasteiger partial charge in [0.05, 0.1) is 13.5 Å². The molecule has 1 aromatic carbocycles. The van der Waals surface area contributed by atoms with Crippen molar-refractivity contribution in [2.45, 2.75) is 18.9 Å². The fourth-order valence-electron chi connectivity index (χ4n) is 1.36. The first-order valence-corrected chi connectivity index (χ1v) is 4.80. The zero-order chi connectivity index (χ0) is 12.1. The highest BCUT2D eigenvalue weighted by molar-refractivity contribution is 5.69. The van der Waals surface area contributed by atoms with Gasteiger partial charge >= 0.3 is 5.97 Å². The predicted octanol–water partition coefficient (Wildman–Crippen LogP) is 1.40. The van der Waals surface area contributed by atoms with Crippen molar-refractivity contribution < 1.29 is 18.3 Å².